The Labute approximate surface area is 455 Å². The summed E-state index contributed by atoms with van der Waals surface area (Å²) in [6.07, 6.45) is 86.2. The second kappa shape index (κ2) is 61.1. The third kappa shape index (κ3) is 58.4. The third-order valence-electron chi connectivity index (χ3n) is 12.4. The predicted octanol–water partition coefficient (Wildman–Crippen LogP) is 20.6. The van der Waals surface area contributed by atoms with Gasteiger partial charge in [0, 0.05) is 19.3 Å². The Morgan fingerprint density at radius 3 is 0.824 bits per heavy atom. The van der Waals surface area contributed by atoms with E-state index in [1.165, 1.54) is 77.0 Å². The van der Waals surface area contributed by atoms with Crippen molar-refractivity contribution in [3.8, 4) is 0 Å². The lowest BCUT2D eigenvalue weighted by atomic mass is 10.0. The summed E-state index contributed by atoms with van der Waals surface area (Å²) in [6, 6.07) is 0. The molecule has 0 rings (SSSR count). The van der Waals surface area contributed by atoms with Crippen LogP contribution in [0.25, 0.3) is 0 Å². The summed E-state index contributed by atoms with van der Waals surface area (Å²) in [7, 11) is 0. The van der Waals surface area contributed by atoms with Gasteiger partial charge in [-0.05, 0) is 116 Å². The molecule has 0 amide bonds. The molecular formula is C68H110O6. The van der Waals surface area contributed by atoms with Crippen LogP contribution in [-0.4, -0.2) is 37.2 Å². The van der Waals surface area contributed by atoms with E-state index in [2.05, 4.69) is 154 Å². The number of ether oxygens (including phenoxy) is 3. The molecule has 0 aliphatic heterocycles. The van der Waals surface area contributed by atoms with Gasteiger partial charge in [0.1, 0.15) is 13.2 Å². The van der Waals surface area contributed by atoms with Gasteiger partial charge in [0.15, 0.2) is 6.10 Å². The van der Waals surface area contributed by atoms with E-state index in [-0.39, 0.29) is 31.1 Å². The largest absolute Gasteiger partial charge is 0.462 e. The van der Waals surface area contributed by atoms with E-state index >= 15 is 0 Å². The van der Waals surface area contributed by atoms with Crippen molar-refractivity contribution in [2.45, 2.75) is 264 Å². The maximum absolute atomic E-state index is 12.8. The van der Waals surface area contributed by atoms with Gasteiger partial charge in [-0.25, -0.2) is 0 Å². The van der Waals surface area contributed by atoms with E-state index in [9.17, 15) is 14.4 Å². The summed E-state index contributed by atoms with van der Waals surface area (Å²) in [6.45, 7) is 6.32. The first-order chi connectivity index (χ1) is 36.5. The Morgan fingerprint density at radius 2 is 0.527 bits per heavy atom. The molecule has 1 unspecified atom stereocenters. The van der Waals surface area contributed by atoms with Crippen LogP contribution in [0.2, 0.25) is 0 Å². The number of allylic oxidation sites excluding steroid dienone is 22. The molecule has 0 radical (unpaired) electrons. The fraction of sp³-hybridized carbons (Fsp3) is 0.632. The zero-order chi connectivity index (χ0) is 53.6. The quantitative estimate of drug-likeness (QED) is 0.0261. The van der Waals surface area contributed by atoms with E-state index in [4.69, 9.17) is 14.2 Å². The predicted molar refractivity (Wildman–Crippen MR) is 320 cm³/mol. The number of rotatable bonds is 53. The molecule has 0 aromatic heterocycles. The van der Waals surface area contributed by atoms with Crippen LogP contribution in [0.15, 0.2) is 134 Å². The third-order valence-corrected chi connectivity index (χ3v) is 12.4. The van der Waals surface area contributed by atoms with Gasteiger partial charge in [0.05, 0.1) is 0 Å². The van der Waals surface area contributed by atoms with Gasteiger partial charge in [-0.1, -0.05) is 257 Å². The number of carbonyl (C=O) groups excluding carboxylic acids is 3. The van der Waals surface area contributed by atoms with Crippen LogP contribution in [-0.2, 0) is 28.6 Å². The molecule has 418 valence electrons. The summed E-state index contributed by atoms with van der Waals surface area (Å²) in [5, 5.41) is 0. The van der Waals surface area contributed by atoms with Gasteiger partial charge < -0.3 is 14.2 Å². The van der Waals surface area contributed by atoms with Crippen LogP contribution in [0.5, 0.6) is 0 Å². The molecule has 6 nitrogen and oxygen atoms in total. The molecule has 0 N–H and O–H groups in total. The maximum Gasteiger partial charge on any atom is 0.306 e. The van der Waals surface area contributed by atoms with Crippen molar-refractivity contribution >= 4 is 17.9 Å². The van der Waals surface area contributed by atoms with E-state index in [0.29, 0.717) is 19.3 Å². The zero-order valence-corrected chi connectivity index (χ0v) is 47.8. The van der Waals surface area contributed by atoms with Crippen molar-refractivity contribution in [1.29, 1.82) is 0 Å². The van der Waals surface area contributed by atoms with E-state index in [0.717, 1.165) is 141 Å². The maximum atomic E-state index is 12.8. The Kier molecular flexibility index (Phi) is 57.4. The van der Waals surface area contributed by atoms with Crippen LogP contribution in [0.4, 0.5) is 0 Å². The first-order valence-corrected chi connectivity index (χ1v) is 30.2. The monoisotopic (exact) mass is 1020 g/mol. The van der Waals surface area contributed by atoms with Gasteiger partial charge in [0.25, 0.3) is 0 Å². The summed E-state index contributed by atoms with van der Waals surface area (Å²) < 4.78 is 16.8. The lowest BCUT2D eigenvalue weighted by molar-refractivity contribution is -0.167. The molecular weight excluding hydrogens is 913 g/mol. The average molecular weight is 1020 g/mol. The Balaban J connectivity index is 4.20. The SMILES string of the molecule is CC/C=C\C/C=C\C/C=C\C/C=C\C/C=C\C/C=C\CCCCCCC(=O)OC(COC(=O)CCCCCCCC)COC(=O)CCCCCCCCCCCCC/C=C\C/C=C\C/C=C\C/C=C\C/C=C\CC. The molecule has 0 saturated heterocycles. The van der Waals surface area contributed by atoms with Crippen LogP contribution in [0.1, 0.15) is 258 Å². The molecule has 0 aromatic rings. The first kappa shape index (κ1) is 69.5. The van der Waals surface area contributed by atoms with Crippen LogP contribution in [0.3, 0.4) is 0 Å². The van der Waals surface area contributed by atoms with Crippen LogP contribution in [0, 0.1) is 0 Å². The van der Waals surface area contributed by atoms with Crippen molar-refractivity contribution in [2.75, 3.05) is 13.2 Å². The van der Waals surface area contributed by atoms with Crippen molar-refractivity contribution < 1.29 is 28.6 Å². The minimum Gasteiger partial charge on any atom is -0.462 e. The first-order valence-electron chi connectivity index (χ1n) is 30.2. The molecule has 0 spiro atoms. The van der Waals surface area contributed by atoms with Gasteiger partial charge in [-0.2, -0.15) is 0 Å². The van der Waals surface area contributed by atoms with Crippen LogP contribution < -0.4 is 0 Å². The Hall–Kier alpha value is -4.45. The van der Waals surface area contributed by atoms with Crippen molar-refractivity contribution in [2.24, 2.45) is 0 Å². The highest BCUT2D eigenvalue weighted by Gasteiger charge is 2.19. The van der Waals surface area contributed by atoms with Gasteiger partial charge in [0.2, 0.25) is 0 Å². The van der Waals surface area contributed by atoms with E-state index < -0.39 is 6.10 Å². The molecule has 0 fully saturated rings. The zero-order valence-electron chi connectivity index (χ0n) is 47.8. The Morgan fingerprint density at radius 1 is 0.284 bits per heavy atom. The molecule has 0 heterocycles. The standard InChI is InChI=1S/C68H110O6/c1-4-7-10-13-16-18-20-22-24-26-28-30-32-33-34-35-37-38-40-42-44-46-48-50-52-55-58-61-67(70)73-64-65(63-72-66(69)60-57-54-15-12-9-6-3)74-68(71)62-59-56-53-51-49-47-45-43-41-39-36-31-29-27-25-23-21-19-17-14-11-8-5-2/h7-8,10-11,16-19,22-25,28-31,33-34,39,41,45,47,65H,4-6,9,12-15,20-21,26-27,32,35-38,40,42-44,46,48-64H2,1-3H3/b10-7-,11-8-,18-16-,19-17-,24-22-,25-23-,30-28-,31-29-,34-33-,41-39-,47-45-. The number of hydrogen-bond donors (Lipinski definition) is 0. The second-order valence-electron chi connectivity index (χ2n) is 19.5. The summed E-state index contributed by atoms with van der Waals surface area (Å²) in [5.41, 5.74) is 0. The normalized spacial score (nSPS) is 13.1. The average Bonchev–Trinajstić information content (AvgIpc) is 3.40. The molecule has 6 heteroatoms. The molecule has 0 saturated carbocycles. The number of esters is 3. The smallest absolute Gasteiger partial charge is 0.306 e. The minimum atomic E-state index is -0.794. The van der Waals surface area contributed by atoms with E-state index in [1.54, 1.807) is 0 Å². The lowest BCUT2D eigenvalue weighted by Crippen LogP contribution is -2.30. The van der Waals surface area contributed by atoms with Gasteiger partial charge >= 0.3 is 17.9 Å². The van der Waals surface area contributed by atoms with Crippen molar-refractivity contribution in [3.05, 3.63) is 134 Å². The fourth-order valence-corrected chi connectivity index (χ4v) is 7.94. The molecule has 0 aliphatic carbocycles. The highest BCUT2D eigenvalue weighted by molar-refractivity contribution is 5.71. The molecule has 74 heavy (non-hydrogen) atoms. The highest BCUT2D eigenvalue weighted by atomic mass is 16.6. The van der Waals surface area contributed by atoms with Crippen LogP contribution >= 0.6 is 0 Å². The fourth-order valence-electron chi connectivity index (χ4n) is 7.94. The lowest BCUT2D eigenvalue weighted by Gasteiger charge is -2.18. The molecule has 0 aliphatic rings. The Bertz CT molecular complexity index is 1600. The topological polar surface area (TPSA) is 78.9 Å². The number of hydrogen-bond acceptors (Lipinski definition) is 6. The second-order valence-corrected chi connectivity index (χ2v) is 19.5. The van der Waals surface area contributed by atoms with Crippen molar-refractivity contribution in [3.63, 3.8) is 0 Å². The molecule has 0 bridgehead atoms. The summed E-state index contributed by atoms with van der Waals surface area (Å²) in [5.74, 6) is -0.933. The van der Waals surface area contributed by atoms with Gasteiger partial charge in [-0.3, -0.25) is 14.4 Å². The van der Waals surface area contributed by atoms with Crippen molar-refractivity contribution in [1.82, 2.24) is 0 Å². The van der Waals surface area contributed by atoms with Gasteiger partial charge in [-0.15, -0.1) is 0 Å². The summed E-state index contributed by atoms with van der Waals surface area (Å²) in [4.78, 5) is 38.0. The minimum absolute atomic E-state index is 0.0925. The van der Waals surface area contributed by atoms with E-state index in [1.807, 2.05) is 0 Å². The highest BCUT2D eigenvalue weighted by Crippen LogP contribution is 2.15. The molecule has 0 aromatic carbocycles. The number of unbranched alkanes of at least 4 members (excludes halogenated alkanes) is 20. The molecule has 1 atom stereocenters. The number of carbonyl (C=O) groups is 3. The summed E-state index contributed by atoms with van der Waals surface area (Å²) >= 11 is 0.